The lowest BCUT2D eigenvalue weighted by atomic mass is 10.0. The largest absolute Gasteiger partial charge is 0.496 e. The van der Waals surface area contributed by atoms with Gasteiger partial charge in [-0.05, 0) is 24.3 Å². The molecule has 1 unspecified atom stereocenters. The van der Waals surface area contributed by atoms with Gasteiger partial charge in [-0.3, -0.25) is 9.69 Å². The second-order valence-corrected chi connectivity index (χ2v) is 7.01. The highest BCUT2D eigenvalue weighted by Gasteiger charge is 2.32. The first kappa shape index (κ1) is 19.2. The molecule has 4 rings (SSSR count). The van der Waals surface area contributed by atoms with E-state index in [1.54, 1.807) is 12.0 Å². The van der Waals surface area contributed by atoms with E-state index in [4.69, 9.17) is 4.74 Å². The lowest BCUT2D eigenvalue weighted by Gasteiger charge is -2.37. The number of carbonyl (C=O) groups excluding carboxylic acids is 2. The standard InChI is InChI=1S/C21H23FN4O3/c1-29-19-5-3-2-4-15(19)18-13-23-8-10-26(18)20(27)16-12-14(6-7-17(16)22)25-11-9-24-21(25)28/h2-7,12,18,23H,8-11,13H2,1H3,(H,24,28). The molecule has 2 N–H and O–H groups in total. The Morgan fingerprint density at radius 2 is 2.00 bits per heavy atom. The van der Waals surface area contributed by atoms with Crippen molar-refractivity contribution in [1.29, 1.82) is 0 Å². The molecule has 8 heteroatoms. The van der Waals surface area contributed by atoms with E-state index in [1.807, 2.05) is 24.3 Å². The molecule has 3 amide bonds. The fourth-order valence-corrected chi connectivity index (χ4v) is 3.88. The molecule has 0 aromatic heterocycles. The van der Waals surface area contributed by atoms with Crippen LogP contribution in [0.5, 0.6) is 5.75 Å². The summed E-state index contributed by atoms with van der Waals surface area (Å²) >= 11 is 0. The van der Waals surface area contributed by atoms with Crippen LogP contribution in [0.2, 0.25) is 0 Å². The van der Waals surface area contributed by atoms with Crippen molar-refractivity contribution in [2.24, 2.45) is 0 Å². The average Bonchev–Trinajstić information content (AvgIpc) is 3.19. The molecule has 2 fully saturated rings. The number of benzene rings is 2. The molecule has 2 aromatic rings. The highest BCUT2D eigenvalue weighted by atomic mass is 19.1. The molecule has 0 saturated carbocycles. The highest BCUT2D eigenvalue weighted by Crippen LogP contribution is 2.32. The third-order valence-electron chi connectivity index (χ3n) is 5.35. The second-order valence-electron chi connectivity index (χ2n) is 7.01. The highest BCUT2D eigenvalue weighted by molar-refractivity contribution is 5.99. The summed E-state index contributed by atoms with van der Waals surface area (Å²) in [6.45, 7) is 2.60. The summed E-state index contributed by atoms with van der Waals surface area (Å²) in [5, 5.41) is 6.00. The number of nitrogens with one attached hydrogen (secondary N) is 2. The van der Waals surface area contributed by atoms with Gasteiger partial charge in [0.1, 0.15) is 11.6 Å². The van der Waals surface area contributed by atoms with Crippen LogP contribution in [-0.4, -0.2) is 56.7 Å². The molecule has 2 aliphatic rings. The van der Waals surface area contributed by atoms with Gasteiger partial charge in [-0.25, -0.2) is 9.18 Å². The molecule has 7 nitrogen and oxygen atoms in total. The maximum atomic E-state index is 14.6. The molecule has 0 spiro atoms. The van der Waals surface area contributed by atoms with Crippen molar-refractivity contribution < 1.29 is 18.7 Å². The lowest BCUT2D eigenvalue weighted by molar-refractivity contribution is 0.0627. The van der Waals surface area contributed by atoms with Crippen molar-refractivity contribution in [3.05, 3.63) is 59.4 Å². The van der Waals surface area contributed by atoms with Crippen LogP contribution >= 0.6 is 0 Å². The Morgan fingerprint density at radius 3 is 2.76 bits per heavy atom. The molecule has 29 heavy (non-hydrogen) atoms. The zero-order valence-electron chi connectivity index (χ0n) is 16.2. The molecule has 2 heterocycles. The predicted octanol–water partition coefficient (Wildman–Crippen LogP) is 2.15. The van der Waals surface area contributed by atoms with E-state index in [9.17, 15) is 14.0 Å². The van der Waals surface area contributed by atoms with E-state index in [1.165, 1.54) is 23.1 Å². The maximum absolute atomic E-state index is 14.6. The summed E-state index contributed by atoms with van der Waals surface area (Å²) in [7, 11) is 1.59. The van der Waals surface area contributed by atoms with Gasteiger partial charge in [0.05, 0.1) is 18.7 Å². The average molecular weight is 398 g/mol. The number of halogens is 1. The number of amides is 3. The lowest BCUT2D eigenvalue weighted by Crippen LogP contribution is -2.49. The van der Waals surface area contributed by atoms with E-state index in [2.05, 4.69) is 10.6 Å². The molecule has 0 bridgehead atoms. The van der Waals surface area contributed by atoms with Crippen LogP contribution < -0.4 is 20.3 Å². The molecule has 0 aliphatic carbocycles. The Balaban J connectivity index is 1.68. The number of hydrogen-bond acceptors (Lipinski definition) is 4. The third-order valence-corrected chi connectivity index (χ3v) is 5.35. The van der Waals surface area contributed by atoms with Gasteiger partial charge < -0.3 is 20.3 Å². The van der Waals surface area contributed by atoms with E-state index in [0.29, 0.717) is 44.2 Å². The smallest absolute Gasteiger partial charge is 0.321 e. The first-order valence-corrected chi connectivity index (χ1v) is 9.59. The Labute approximate surface area is 168 Å². The SMILES string of the molecule is COc1ccccc1C1CNCCN1C(=O)c1cc(N2CCNC2=O)ccc1F. The molecular weight excluding hydrogens is 375 g/mol. The van der Waals surface area contributed by atoms with Crippen molar-refractivity contribution >= 4 is 17.6 Å². The third kappa shape index (κ3) is 3.63. The number of ether oxygens (including phenoxy) is 1. The number of para-hydroxylation sites is 1. The fourth-order valence-electron chi connectivity index (χ4n) is 3.88. The maximum Gasteiger partial charge on any atom is 0.321 e. The summed E-state index contributed by atoms with van der Waals surface area (Å²) in [5.74, 6) is -0.320. The van der Waals surface area contributed by atoms with E-state index >= 15 is 0 Å². The number of hydrogen-bond donors (Lipinski definition) is 2. The van der Waals surface area contributed by atoms with Crippen LogP contribution in [0, 0.1) is 5.82 Å². The van der Waals surface area contributed by atoms with Gasteiger partial charge in [0.2, 0.25) is 0 Å². The van der Waals surface area contributed by atoms with Gasteiger partial charge in [-0.1, -0.05) is 18.2 Å². The van der Waals surface area contributed by atoms with Crippen molar-refractivity contribution in [1.82, 2.24) is 15.5 Å². The topological polar surface area (TPSA) is 73.9 Å². The number of piperazine rings is 1. The molecule has 2 aromatic carbocycles. The Morgan fingerprint density at radius 1 is 1.17 bits per heavy atom. The Hall–Kier alpha value is -3.13. The second kappa shape index (κ2) is 8.08. The van der Waals surface area contributed by atoms with Gasteiger partial charge in [0, 0.05) is 44.0 Å². The van der Waals surface area contributed by atoms with Crippen LogP contribution in [0.25, 0.3) is 0 Å². The van der Waals surface area contributed by atoms with Crippen LogP contribution in [0.4, 0.5) is 14.9 Å². The number of anilines is 1. The van der Waals surface area contributed by atoms with Crippen molar-refractivity contribution in [3.8, 4) is 5.75 Å². The summed E-state index contributed by atoms with van der Waals surface area (Å²) in [6.07, 6.45) is 0. The minimum atomic E-state index is -0.601. The zero-order chi connectivity index (χ0) is 20.4. The van der Waals surface area contributed by atoms with Gasteiger partial charge >= 0.3 is 6.03 Å². The van der Waals surface area contributed by atoms with Gasteiger partial charge in [-0.2, -0.15) is 0 Å². The van der Waals surface area contributed by atoms with Crippen LogP contribution in [0.15, 0.2) is 42.5 Å². The van der Waals surface area contributed by atoms with Crippen molar-refractivity contribution in [2.75, 3.05) is 44.7 Å². The van der Waals surface area contributed by atoms with E-state index < -0.39 is 11.7 Å². The van der Waals surface area contributed by atoms with Crippen molar-refractivity contribution in [2.45, 2.75) is 6.04 Å². The summed E-state index contributed by atoms with van der Waals surface area (Å²) in [6, 6.07) is 11.2. The Bertz CT molecular complexity index is 936. The summed E-state index contributed by atoms with van der Waals surface area (Å²) in [4.78, 5) is 28.5. The minimum Gasteiger partial charge on any atom is -0.496 e. The van der Waals surface area contributed by atoms with Gasteiger partial charge in [0.15, 0.2) is 0 Å². The Kier molecular flexibility index (Phi) is 5.35. The predicted molar refractivity (Wildman–Crippen MR) is 107 cm³/mol. The normalized spacial score (nSPS) is 19.2. The number of urea groups is 1. The zero-order valence-corrected chi connectivity index (χ0v) is 16.2. The monoisotopic (exact) mass is 398 g/mol. The summed E-state index contributed by atoms with van der Waals surface area (Å²) in [5.41, 5.74) is 1.34. The molecule has 0 radical (unpaired) electrons. The minimum absolute atomic E-state index is 0.0380. The first-order chi connectivity index (χ1) is 14.1. The molecular formula is C21H23FN4O3. The van der Waals surface area contributed by atoms with Crippen LogP contribution in [0.3, 0.4) is 0 Å². The van der Waals surface area contributed by atoms with E-state index in [0.717, 1.165) is 5.56 Å². The first-order valence-electron chi connectivity index (χ1n) is 9.59. The van der Waals surface area contributed by atoms with Crippen LogP contribution in [0.1, 0.15) is 22.0 Å². The van der Waals surface area contributed by atoms with Gasteiger partial charge in [0.25, 0.3) is 5.91 Å². The fraction of sp³-hybridized carbons (Fsp3) is 0.333. The number of carbonyl (C=O) groups is 2. The molecule has 1 atom stereocenters. The quantitative estimate of drug-likeness (QED) is 0.828. The molecule has 2 saturated heterocycles. The number of rotatable bonds is 4. The van der Waals surface area contributed by atoms with E-state index in [-0.39, 0.29) is 17.6 Å². The van der Waals surface area contributed by atoms with Gasteiger partial charge in [-0.15, -0.1) is 0 Å². The van der Waals surface area contributed by atoms with Crippen LogP contribution in [-0.2, 0) is 0 Å². The number of nitrogens with zero attached hydrogens (tertiary/aromatic N) is 2. The van der Waals surface area contributed by atoms with Crippen molar-refractivity contribution in [3.63, 3.8) is 0 Å². The number of methoxy groups -OCH3 is 1. The molecule has 152 valence electrons. The molecule has 2 aliphatic heterocycles. The summed E-state index contributed by atoms with van der Waals surface area (Å²) < 4.78 is 20.1.